The Hall–Kier alpha value is -3.61. The average molecular weight is 348 g/mol. The molecule has 130 valence electrons. The zero-order valence-corrected chi connectivity index (χ0v) is 14.0. The molecule has 1 aliphatic rings. The molecular weight excluding hydrogens is 332 g/mol. The minimum Gasteiger partial charge on any atom is -0.454 e. The standard InChI is InChI=1S/C19H16N4O3/c1-23(14-5-3-2-4-6-14)18(24)15-9-10-20-19(22-15)21-13-7-8-16-17(11-13)26-12-25-16/h2-11H,12H2,1H3,(H,20,21,22). The molecule has 0 atom stereocenters. The molecule has 0 aliphatic carbocycles. The van der Waals surface area contributed by atoms with Gasteiger partial charge >= 0.3 is 0 Å². The van der Waals surface area contributed by atoms with Crippen molar-refractivity contribution in [3.63, 3.8) is 0 Å². The van der Waals surface area contributed by atoms with Crippen LogP contribution in [0.2, 0.25) is 0 Å². The lowest BCUT2D eigenvalue weighted by Gasteiger charge is -2.17. The molecule has 0 fully saturated rings. The highest BCUT2D eigenvalue weighted by atomic mass is 16.7. The van der Waals surface area contributed by atoms with Gasteiger partial charge in [0.25, 0.3) is 5.91 Å². The van der Waals surface area contributed by atoms with Crippen LogP contribution in [0.5, 0.6) is 11.5 Å². The number of ether oxygens (including phenoxy) is 2. The number of nitrogens with one attached hydrogen (secondary N) is 1. The lowest BCUT2D eigenvalue weighted by atomic mass is 10.2. The summed E-state index contributed by atoms with van der Waals surface area (Å²) >= 11 is 0. The van der Waals surface area contributed by atoms with Crippen LogP contribution in [0.1, 0.15) is 10.5 Å². The van der Waals surface area contributed by atoms with Crippen LogP contribution >= 0.6 is 0 Å². The third kappa shape index (κ3) is 3.14. The average Bonchev–Trinajstić information content (AvgIpc) is 3.15. The minimum absolute atomic E-state index is 0.213. The molecule has 0 saturated carbocycles. The van der Waals surface area contributed by atoms with E-state index in [2.05, 4.69) is 15.3 Å². The fourth-order valence-electron chi connectivity index (χ4n) is 2.58. The number of nitrogens with zero attached hydrogens (tertiary/aromatic N) is 3. The number of fused-ring (bicyclic) bond motifs is 1. The number of para-hydroxylation sites is 1. The molecule has 4 rings (SSSR count). The molecule has 0 radical (unpaired) electrons. The molecule has 7 nitrogen and oxygen atoms in total. The predicted octanol–water partition coefficient (Wildman–Crippen LogP) is 3.23. The van der Waals surface area contributed by atoms with Crippen LogP contribution in [0.25, 0.3) is 0 Å². The Kier molecular flexibility index (Phi) is 4.10. The number of hydrogen-bond donors (Lipinski definition) is 1. The summed E-state index contributed by atoms with van der Waals surface area (Å²) in [7, 11) is 1.71. The lowest BCUT2D eigenvalue weighted by molar-refractivity contribution is 0.0988. The topological polar surface area (TPSA) is 76.6 Å². The quantitative estimate of drug-likeness (QED) is 0.780. The number of rotatable bonds is 4. The van der Waals surface area contributed by atoms with Crippen LogP contribution in [-0.4, -0.2) is 29.7 Å². The Balaban J connectivity index is 1.54. The van der Waals surface area contributed by atoms with Crippen LogP contribution in [0.3, 0.4) is 0 Å². The molecule has 1 amide bonds. The monoisotopic (exact) mass is 348 g/mol. The second kappa shape index (κ2) is 6.72. The number of carbonyl (C=O) groups excluding carboxylic acids is 1. The van der Waals surface area contributed by atoms with E-state index in [-0.39, 0.29) is 12.7 Å². The first-order valence-corrected chi connectivity index (χ1v) is 8.03. The number of benzene rings is 2. The van der Waals surface area contributed by atoms with Crippen molar-refractivity contribution in [1.82, 2.24) is 9.97 Å². The molecule has 0 saturated heterocycles. The van der Waals surface area contributed by atoms with Crippen molar-refractivity contribution in [2.24, 2.45) is 0 Å². The van der Waals surface area contributed by atoms with Crippen LogP contribution in [0.15, 0.2) is 60.8 Å². The predicted molar refractivity (Wildman–Crippen MR) is 97.1 cm³/mol. The van der Waals surface area contributed by atoms with Crippen LogP contribution in [0, 0.1) is 0 Å². The van der Waals surface area contributed by atoms with Crippen molar-refractivity contribution in [2.45, 2.75) is 0 Å². The van der Waals surface area contributed by atoms with Crippen LogP contribution < -0.4 is 19.7 Å². The maximum absolute atomic E-state index is 12.7. The van der Waals surface area contributed by atoms with Crippen molar-refractivity contribution in [3.05, 3.63) is 66.5 Å². The highest BCUT2D eigenvalue weighted by Gasteiger charge is 2.17. The number of anilines is 3. The summed E-state index contributed by atoms with van der Waals surface area (Å²) in [4.78, 5) is 22.7. The maximum atomic E-state index is 12.7. The summed E-state index contributed by atoms with van der Waals surface area (Å²) in [6, 6.07) is 16.4. The molecule has 1 aliphatic heterocycles. The normalized spacial score (nSPS) is 11.9. The summed E-state index contributed by atoms with van der Waals surface area (Å²) < 4.78 is 10.6. The maximum Gasteiger partial charge on any atom is 0.276 e. The molecule has 7 heteroatoms. The molecule has 2 aromatic carbocycles. The van der Waals surface area contributed by atoms with Crippen molar-refractivity contribution >= 4 is 23.2 Å². The Morgan fingerprint density at radius 2 is 1.88 bits per heavy atom. The summed E-state index contributed by atoms with van der Waals surface area (Å²) in [6.45, 7) is 0.213. The Bertz CT molecular complexity index is 947. The number of carbonyl (C=O) groups is 1. The Morgan fingerprint density at radius 1 is 1.08 bits per heavy atom. The molecular formula is C19H16N4O3. The van der Waals surface area contributed by atoms with E-state index in [0.29, 0.717) is 23.1 Å². The highest BCUT2D eigenvalue weighted by Crippen LogP contribution is 2.34. The van der Waals surface area contributed by atoms with E-state index in [1.54, 1.807) is 30.3 Å². The summed E-state index contributed by atoms with van der Waals surface area (Å²) in [5, 5.41) is 3.08. The van der Waals surface area contributed by atoms with Gasteiger partial charge in [0.15, 0.2) is 11.5 Å². The molecule has 2 heterocycles. The first kappa shape index (κ1) is 15.9. The molecule has 0 unspecified atom stereocenters. The van der Waals surface area contributed by atoms with E-state index in [9.17, 15) is 4.79 Å². The smallest absolute Gasteiger partial charge is 0.276 e. The van der Waals surface area contributed by atoms with Gasteiger partial charge in [0, 0.05) is 30.7 Å². The van der Waals surface area contributed by atoms with E-state index in [1.807, 2.05) is 42.5 Å². The van der Waals surface area contributed by atoms with E-state index >= 15 is 0 Å². The lowest BCUT2D eigenvalue weighted by Crippen LogP contribution is -2.27. The van der Waals surface area contributed by atoms with E-state index in [0.717, 1.165) is 11.4 Å². The van der Waals surface area contributed by atoms with Gasteiger partial charge in [-0.3, -0.25) is 4.79 Å². The zero-order valence-electron chi connectivity index (χ0n) is 14.0. The zero-order chi connectivity index (χ0) is 17.9. The fourth-order valence-corrected chi connectivity index (χ4v) is 2.58. The van der Waals surface area contributed by atoms with Crippen molar-refractivity contribution in [2.75, 3.05) is 24.1 Å². The summed E-state index contributed by atoms with van der Waals surface area (Å²) in [6.07, 6.45) is 1.55. The second-order valence-electron chi connectivity index (χ2n) is 5.66. The first-order valence-electron chi connectivity index (χ1n) is 8.03. The number of amides is 1. The highest BCUT2D eigenvalue weighted by molar-refractivity contribution is 6.04. The van der Waals surface area contributed by atoms with Gasteiger partial charge in [-0.2, -0.15) is 0 Å². The van der Waals surface area contributed by atoms with Gasteiger partial charge in [0.1, 0.15) is 5.69 Å². The number of hydrogen-bond acceptors (Lipinski definition) is 6. The van der Waals surface area contributed by atoms with E-state index in [1.165, 1.54) is 0 Å². The van der Waals surface area contributed by atoms with Crippen molar-refractivity contribution in [1.29, 1.82) is 0 Å². The minimum atomic E-state index is -0.215. The first-order chi connectivity index (χ1) is 12.7. The van der Waals surface area contributed by atoms with Gasteiger partial charge in [-0.15, -0.1) is 0 Å². The van der Waals surface area contributed by atoms with Crippen LogP contribution in [-0.2, 0) is 0 Å². The molecule has 0 bridgehead atoms. The molecule has 1 N–H and O–H groups in total. The fraction of sp³-hybridized carbons (Fsp3) is 0.105. The molecule has 3 aromatic rings. The van der Waals surface area contributed by atoms with Crippen molar-refractivity contribution in [3.8, 4) is 11.5 Å². The third-order valence-electron chi connectivity index (χ3n) is 3.95. The van der Waals surface area contributed by atoms with Gasteiger partial charge in [0.05, 0.1) is 0 Å². The van der Waals surface area contributed by atoms with E-state index < -0.39 is 0 Å². The van der Waals surface area contributed by atoms with Gasteiger partial charge in [0.2, 0.25) is 12.7 Å². The van der Waals surface area contributed by atoms with Crippen LogP contribution in [0.4, 0.5) is 17.3 Å². The van der Waals surface area contributed by atoms with Gasteiger partial charge in [-0.25, -0.2) is 9.97 Å². The van der Waals surface area contributed by atoms with Gasteiger partial charge in [-0.1, -0.05) is 18.2 Å². The van der Waals surface area contributed by atoms with E-state index in [4.69, 9.17) is 9.47 Å². The Morgan fingerprint density at radius 3 is 2.73 bits per heavy atom. The Labute approximate surface area is 150 Å². The van der Waals surface area contributed by atoms with Crippen molar-refractivity contribution < 1.29 is 14.3 Å². The molecule has 26 heavy (non-hydrogen) atoms. The summed E-state index contributed by atoms with van der Waals surface area (Å²) in [5.74, 6) is 1.47. The largest absolute Gasteiger partial charge is 0.454 e. The second-order valence-corrected chi connectivity index (χ2v) is 5.66. The third-order valence-corrected chi connectivity index (χ3v) is 3.95. The summed E-state index contributed by atoms with van der Waals surface area (Å²) in [5.41, 5.74) is 1.84. The van der Waals surface area contributed by atoms with Gasteiger partial charge in [-0.05, 0) is 30.3 Å². The number of aromatic nitrogens is 2. The molecule has 1 aromatic heterocycles. The SMILES string of the molecule is CN(C(=O)c1ccnc(Nc2ccc3c(c2)OCO3)n1)c1ccccc1. The molecule has 0 spiro atoms. The van der Waals surface area contributed by atoms with Gasteiger partial charge < -0.3 is 19.7 Å².